The molecule has 0 saturated heterocycles. The molecule has 2 nitrogen and oxygen atoms in total. The van der Waals surface area contributed by atoms with Crippen LogP contribution < -0.4 is 0 Å². The molecule has 1 atom stereocenters. The first-order valence-corrected chi connectivity index (χ1v) is 7.41. The van der Waals surface area contributed by atoms with Gasteiger partial charge >= 0.3 is 0 Å². The van der Waals surface area contributed by atoms with Crippen LogP contribution in [0.15, 0.2) is 60.7 Å². The van der Waals surface area contributed by atoms with E-state index < -0.39 is 23.2 Å². The summed E-state index contributed by atoms with van der Waals surface area (Å²) in [5, 5.41) is 0.796. The summed E-state index contributed by atoms with van der Waals surface area (Å²) in [6, 6.07) is 12.8. The normalized spacial score (nSPS) is 19.1. The third-order valence-corrected chi connectivity index (χ3v) is 4.57. The molecular weight excluding hydrogens is 315 g/mol. The Hall–Kier alpha value is -2.82. The fraction of sp³-hybridized carbons (Fsp3) is 0.105. The van der Waals surface area contributed by atoms with Gasteiger partial charge < -0.3 is 0 Å². The maximum atomic E-state index is 13.8. The zero-order valence-corrected chi connectivity index (χ0v) is 12.7. The first-order valence-electron chi connectivity index (χ1n) is 7.41. The van der Waals surface area contributed by atoms with E-state index in [1.807, 2.05) is 12.1 Å². The van der Waals surface area contributed by atoms with E-state index in [9.17, 15) is 18.0 Å². The number of halogens is 3. The fourth-order valence-electron chi connectivity index (χ4n) is 3.46. The second-order valence-electron chi connectivity index (χ2n) is 6.06. The number of allylic oxidation sites excluding steroid dienone is 1. The van der Waals surface area contributed by atoms with Crippen LogP contribution in [0.5, 0.6) is 0 Å². The minimum absolute atomic E-state index is 0.372. The topological polar surface area (TPSA) is 22.0 Å². The summed E-state index contributed by atoms with van der Waals surface area (Å²) in [5.41, 5.74) is 0.395. The predicted octanol–water partition coefficient (Wildman–Crippen LogP) is 5.14. The van der Waals surface area contributed by atoms with Gasteiger partial charge in [0.1, 0.15) is 5.82 Å². The van der Waals surface area contributed by atoms with E-state index in [0.29, 0.717) is 28.4 Å². The van der Waals surface area contributed by atoms with E-state index in [2.05, 4.69) is 0 Å². The van der Waals surface area contributed by atoms with Crippen molar-refractivity contribution in [1.82, 2.24) is 4.57 Å². The number of rotatable bonds is 1. The maximum absolute atomic E-state index is 13.8. The molecule has 0 fully saturated rings. The molecule has 0 N–H and O–H groups in total. The lowest BCUT2D eigenvalue weighted by molar-refractivity contribution is 0.0841. The standard InChI is InChI=1S/C19H12F3NO/c1-19(10-17(21)22)14-7-6-12(20)9-13(14)16-8-11-4-2-3-5-15(11)23(16)18(19)24/h2-10H,1H3. The number of carbonyl (C=O) groups is 1. The van der Waals surface area contributed by atoms with Crippen molar-refractivity contribution >= 4 is 16.8 Å². The smallest absolute Gasteiger partial charge is 0.267 e. The van der Waals surface area contributed by atoms with Gasteiger partial charge in [-0.3, -0.25) is 9.36 Å². The van der Waals surface area contributed by atoms with Crippen molar-refractivity contribution in [2.45, 2.75) is 12.3 Å². The van der Waals surface area contributed by atoms with Gasteiger partial charge in [-0.05, 0) is 36.8 Å². The lowest BCUT2D eigenvalue weighted by Crippen LogP contribution is -2.39. The monoisotopic (exact) mass is 327 g/mol. The third kappa shape index (κ3) is 1.87. The molecule has 24 heavy (non-hydrogen) atoms. The molecule has 1 aromatic heterocycles. The number of nitrogens with zero attached hydrogens (tertiary/aromatic N) is 1. The zero-order valence-electron chi connectivity index (χ0n) is 12.7. The Morgan fingerprint density at radius 2 is 1.88 bits per heavy atom. The summed E-state index contributed by atoms with van der Waals surface area (Å²) in [5.74, 6) is -0.961. The molecule has 0 saturated carbocycles. The van der Waals surface area contributed by atoms with Crippen LogP contribution in [-0.4, -0.2) is 10.5 Å². The Morgan fingerprint density at radius 1 is 1.12 bits per heavy atom. The van der Waals surface area contributed by atoms with Gasteiger partial charge in [0.25, 0.3) is 6.08 Å². The number of fused-ring (bicyclic) bond motifs is 5. The summed E-state index contributed by atoms with van der Waals surface area (Å²) in [6.45, 7) is 1.43. The molecule has 0 amide bonds. The molecule has 1 unspecified atom stereocenters. The number of carbonyl (C=O) groups excluding carboxylic acids is 1. The first-order chi connectivity index (χ1) is 11.4. The highest BCUT2D eigenvalue weighted by Crippen LogP contribution is 2.44. The number of aromatic nitrogens is 1. The SMILES string of the molecule is CC1(C=C(F)F)C(=O)n2c(cc3ccccc32)-c2cc(F)ccc21. The largest absolute Gasteiger partial charge is 0.279 e. The highest BCUT2D eigenvalue weighted by Gasteiger charge is 2.43. The average Bonchev–Trinajstić information content (AvgIpc) is 2.91. The summed E-state index contributed by atoms with van der Waals surface area (Å²) in [6.07, 6.45) is -1.30. The molecule has 120 valence electrons. The van der Waals surface area contributed by atoms with Crippen LogP contribution in [0.25, 0.3) is 22.2 Å². The van der Waals surface area contributed by atoms with Gasteiger partial charge in [0, 0.05) is 17.0 Å². The van der Waals surface area contributed by atoms with Crippen LogP contribution in [0.2, 0.25) is 0 Å². The van der Waals surface area contributed by atoms with E-state index in [1.54, 1.807) is 18.2 Å². The molecule has 2 aromatic carbocycles. The lowest BCUT2D eigenvalue weighted by atomic mass is 9.76. The van der Waals surface area contributed by atoms with Crippen molar-refractivity contribution in [2.24, 2.45) is 0 Å². The Kier molecular flexibility index (Phi) is 2.97. The van der Waals surface area contributed by atoms with Crippen LogP contribution in [0.4, 0.5) is 13.2 Å². The van der Waals surface area contributed by atoms with E-state index >= 15 is 0 Å². The van der Waals surface area contributed by atoms with Crippen molar-refractivity contribution in [2.75, 3.05) is 0 Å². The van der Waals surface area contributed by atoms with E-state index in [1.165, 1.54) is 29.7 Å². The Morgan fingerprint density at radius 3 is 2.62 bits per heavy atom. The molecule has 1 aliphatic rings. The number of para-hydroxylation sites is 1. The zero-order chi connectivity index (χ0) is 17.1. The molecule has 0 radical (unpaired) electrons. The molecule has 0 bridgehead atoms. The minimum Gasteiger partial charge on any atom is -0.279 e. The predicted molar refractivity (Wildman–Crippen MR) is 85.6 cm³/mol. The van der Waals surface area contributed by atoms with Crippen LogP contribution in [-0.2, 0) is 5.41 Å². The summed E-state index contributed by atoms with van der Waals surface area (Å²) >= 11 is 0. The van der Waals surface area contributed by atoms with Crippen molar-refractivity contribution < 1.29 is 18.0 Å². The quantitative estimate of drug-likeness (QED) is 0.606. The van der Waals surface area contributed by atoms with Crippen LogP contribution in [0.3, 0.4) is 0 Å². The van der Waals surface area contributed by atoms with Gasteiger partial charge in [0.2, 0.25) is 5.91 Å². The van der Waals surface area contributed by atoms with Gasteiger partial charge in [-0.25, -0.2) is 4.39 Å². The Labute approximate surface area is 135 Å². The highest BCUT2D eigenvalue weighted by atomic mass is 19.3. The van der Waals surface area contributed by atoms with Crippen molar-refractivity contribution in [3.63, 3.8) is 0 Å². The Bertz CT molecular complexity index is 1030. The van der Waals surface area contributed by atoms with Crippen LogP contribution >= 0.6 is 0 Å². The van der Waals surface area contributed by atoms with Crippen LogP contribution in [0, 0.1) is 5.82 Å². The molecule has 3 aromatic rings. The van der Waals surface area contributed by atoms with Gasteiger partial charge in [-0.15, -0.1) is 0 Å². The van der Waals surface area contributed by atoms with Crippen LogP contribution in [0.1, 0.15) is 17.3 Å². The highest BCUT2D eigenvalue weighted by molar-refractivity contribution is 6.07. The average molecular weight is 327 g/mol. The van der Waals surface area contributed by atoms with Gasteiger partial charge in [0.05, 0.1) is 16.6 Å². The second kappa shape index (κ2) is 4.84. The summed E-state index contributed by atoms with van der Waals surface area (Å²) in [7, 11) is 0. The molecular formula is C19H12F3NO. The molecule has 0 aliphatic carbocycles. The number of hydrogen-bond acceptors (Lipinski definition) is 1. The lowest BCUT2D eigenvalue weighted by Gasteiger charge is -2.33. The minimum atomic E-state index is -1.94. The maximum Gasteiger partial charge on any atom is 0.267 e. The van der Waals surface area contributed by atoms with E-state index in [-0.39, 0.29) is 0 Å². The molecule has 1 aliphatic heterocycles. The van der Waals surface area contributed by atoms with Crippen molar-refractivity contribution in [3.8, 4) is 11.3 Å². The molecule has 4 rings (SSSR count). The molecule has 5 heteroatoms. The fourth-order valence-corrected chi connectivity index (χ4v) is 3.46. The summed E-state index contributed by atoms with van der Waals surface area (Å²) in [4.78, 5) is 13.1. The molecule has 2 heterocycles. The van der Waals surface area contributed by atoms with E-state index in [4.69, 9.17) is 0 Å². The van der Waals surface area contributed by atoms with Gasteiger partial charge in [-0.2, -0.15) is 8.78 Å². The van der Waals surface area contributed by atoms with Crippen molar-refractivity contribution in [1.29, 1.82) is 0 Å². The third-order valence-electron chi connectivity index (χ3n) is 4.57. The summed E-state index contributed by atoms with van der Waals surface area (Å²) < 4.78 is 41.3. The Balaban J connectivity index is 2.16. The van der Waals surface area contributed by atoms with Crippen molar-refractivity contribution in [3.05, 3.63) is 72.1 Å². The molecule has 0 spiro atoms. The second-order valence-corrected chi connectivity index (χ2v) is 6.06. The first kappa shape index (κ1) is 14.8. The van der Waals surface area contributed by atoms with E-state index in [0.717, 1.165) is 5.39 Å². The number of benzene rings is 2. The van der Waals surface area contributed by atoms with Gasteiger partial charge in [-0.1, -0.05) is 24.3 Å². The van der Waals surface area contributed by atoms with Gasteiger partial charge in [0.15, 0.2) is 0 Å². The number of hydrogen-bond donors (Lipinski definition) is 0.